The van der Waals surface area contributed by atoms with Crippen LogP contribution in [0.3, 0.4) is 0 Å². The molecule has 9 heteroatoms. The number of carbonyl (C=O) groups is 1. The van der Waals surface area contributed by atoms with Gasteiger partial charge in [0.1, 0.15) is 11.7 Å². The van der Waals surface area contributed by atoms with Crippen LogP contribution in [0.15, 0.2) is 53.6 Å². The Morgan fingerprint density at radius 3 is 2.67 bits per heavy atom. The van der Waals surface area contributed by atoms with Crippen LogP contribution in [-0.4, -0.2) is 72.5 Å². The number of rotatable bonds is 7. The first-order valence-electron chi connectivity index (χ1n) is 10.9. The third-order valence-electron chi connectivity index (χ3n) is 5.79. The number of likely N-dealkylation sites (N-methyl/N-ethyl adjacent to an activating group) is 1. The molecule has 1 aromatic heterocycles. The zero-order valence-corrected chi connectivity index (χ0v) is 20.2. The van der Waals surface area contributed by atoms with Crippen molar-refractivity contribution < 1.29 is 23.1 Å². The zero-order chi connectivity index (χ0) is 24.2. The van der Waals surface area contributed by atoms with Crippen molar-refractivity contribution in [1.82, 2.24) is 14.2 Å². The van der Waals surface area contributed by atoms with Gasteiger partial charge < -0.3 is 14.7 Å². The van der Waals surface area contributed by atoms with Crippen molar-refractivity contribution >= 4 is 22.0 Å². The molecule has 0 saturated carbocycles. The smallest absolute Gasteiger partial charge is 0.259 e. The number of sulfonamides is 1. The molecule has 3 rings (SSSR count). The number of ether oxygens (including phenoxy) is 1. The van der Waals surface area contributed by atoms with Crippen LogP contribution in [0.4, 0.5) is 0 Å². The molecule has 0 fully saturated rings. The third-order valence-corrected chi connectivity index (χ3v) is 7.63. The van der Waals surface area contributed by atoms with E-state index in [1.165, 1.54) is 11.4 Å². The number of aliphatic hydroxyl groups excluding tert-OH is 1. The number of benzene rings is 1. The van der Waals surface area contributed by atoms with E-state index in [-0.39, 0.29) is 41.3 Å². The highest BCUT2D eigenvalue weighted by molar-refractivity contribution is 7.89. The largest absolute Gasteiger partial charge is 0.472 e. The maximum atomic E-state index is 13.3. The number of fused-ring (bicyclic) bond motifs is 1. The maximum Gasteiger partial charge on any atom is 0.259 e. The zero-order valence-electron chi connectivity index (χ0n) is 19.4. The number of hydrogen-bond acceptors (Lipinski definition) is 6. The van der Waals surface area contributed by atoms with Gasteiger partial charge in [0.25, 0.3) is 5.91 Å². The molecule has 8 nitrogen and oxygen atoms in total. The van der Waals surface area contributed by atoms with Crippen LogP contribution in [0.25, 0.3) is 6.08 Å². The Bertz CT molecular complexity index is 1100. The summed E-state index contributed by atoms with van der Waals surface area (Å²) in [6.07, 6.45) is 4.73. The van der Waals surface area contributed by atoms with Gasteiger partial charge in [0, 0.05) is 25.7 Å². The van der Waals surface area contributed by atoms with Crippen LogP contribution < -0.4 is 4.74 Å². The first-order valence-corrected chi connectivity index (χ1v) is 12.4. The molecular formula is C24H31N3O5S. The van der Waals surface area contributed by atoms with Gasteiger partial charge in [-0.3, -0.25) is 4.79 Å². The van der Waals surface area contributed by atoms with E-state index in [9.17, 15) is 18.3 Å². The summed E-state index contributed by atoms with van der Waals surface area (Å²) in [6.45, 7) is 5.73. The van der Waals surface area contributed by atoms with Gasteiger partial charge in [0.15, 0.2) is 0 Å². The van der Waals surface area contributed by atoms with Gasteiger partial charge in [-0.25, -0.2) is 13.4 Å². The topological polar surface area (TPSA) is 100 Å². The van der Waals surface area contributed by atoms with Gasteiger partial charge in [-0.15, -0.1) is 0 Å². The molecule has 0 spiro atoms. The number of nitrogens with zero attached hydrogens (tertiary/aromatic N) is 3. The van der Waals surface area contributed by atoms with Crippen LogP contribution in [0.1, 0.15) is 36.7 Å². The van der Waals surface area contributed by atoms with Crippen LogP contribution in [-0.2, 0) is 10.0 Å². The Kier molecular flexibility index (Phi) is 7.88. The lowest BCUT2D eigenvalue weighted by Crippen LogP contribution is -2.50. The summed E-state index contributed by atoms with van der Waals surface area (Å²) in [5, 5.41) is 9.74. The highest BCUT2D eigenvalue weighted by Gasteiger charge is 2.35. The molecule has 2 heterocycles. The summed E-state index contributed by atoms with van der Waals surface area (Å²) < 4.78 is 33.5. The summed E-state index contributed by atoms with van der Waals surface area (Å²) in [6, 6.07) is 9.52. The third kappa shape index (κ3) is 5.43. The lowest BCUT2D eigenvalue weighted by atomic mass is 10.00. The second-order valence-electron chi connectivity index (χ2n) is 8.34. The van der Waals surface area contributed by atoms with Gasteiger partial charge in [0.2, 0.25) is 15.9 Å². The number of carbonyl (C=O) groups excluding carboxylic acids is 1. The van der Waals surface area contributed by atoms with E-state index in [2.05, 4.69) is 4.98 Å². The van der Waals surface area contributed by atoms with Crippen molar-refractivity contribution in [2.75, 3.05) is 26.7 Å². The summed E-state index contributed by atoms with van der Waals surface area (Å²) in [5.74, 6) is -0.340. The van der Waals surface area contributed by atoms with Crippen molar-refractivity contribution in [3.05, 3.63) is 59.8 Å². The van der Waals surface area contributed by atoms with E-state index in [4.69, 9.17) is 4.74 Å². The quantitative estimate of drug-likeness (QED) is 0.664. The molecule has 0 saturated heterocycles. The Hall–Kier alpha value is -2.75. The molecule has 178 valence electrons. The SMILES string of the molecule is C/C=C/c1cnc2c(c1)C(=O)N([C@H](C)CO)C[C@@H](C)[C@@H](CN(C)S(=O)(=O)c1ccccc1)O2. The minimum absolute atomic E-state index is 0.0751. The van der Waals surface area contributed by atoms with Gasteiger partial charge in [-0.1, -0.05) is 37.3 Å². The number of amides is 1. The molecule has 1 aromatic carbocycles. The molecule has 0 radical (unpaired) electrons. The van der Waals surface area contributed by atoms with E-state index in [0.29, 0.717) is 6.54 Å². The molecule has 1 aliphatic rings. The first kappa shape index (κ1) is 24.9. The summed E-state index contributed by atoms with van der Waals surface area (Å²) >= 11 is 0. The monoisotopic (exact) mass is 473 g/mol. The van der Waals surface area contributed by atoms with Gasteiger partial charge in [-0.05, 0) is 37.6 Å². The Morgan fingerprint density at radius 2 is 2.03 bits per heavy atom. The van der Waals surface area contributed by atoms with E-state index in [1.807, 2.05) is 26.0 Å². The highest BCUT2D eigenvalue weighted by atomic mass is 32.2. The van der Waals surface area contributed by atoms with E-state index < -0.39 is 22.2 Å². The maximum absolute atomic E-state index is 13.3. The molecule has 0 unspecified atom stereocenters. The summed E-state index contributed by atoms with van der Waals surface area (Å²) in [4.78, 5) is 19.5. The molecule has 0 bridgehead atoms. The number of allylic oxidation sites excluding steroid dienone is 1. The van der Waals surface area contributed by atoms with Crippen molar-refractivity contribution in [2.45, 2.75) is 37.8 Å². The molecule has 2 aromatic rings. The Balaban J connectivity index is 1.98. The lowest BCUT2D eigenvalue weighted by Gasteiger charge is -2.37. The number of aliphatic hydroxyl groups is 1. The Morgan fingerprint density at radius 1 is 1.33 bits per heavy atom. The van der Waals surface area contributed by atoms with E-state index in [0.717, 1.165) is 5.56 Å². The molecule has 1 amide bonds. The van der Waals surface area contributed by atoms with Crippen LogP contribution >= 0.6 is 0 Å². The second kappa shape index (κ2) is 10.5. The Labute approximate surface area is 195 Å². The van der Waals surface area contributed by atoms with Crippen molar-refractivity contribution in [2.24, 2.45) is 5.92 Å². The number of pyridine rings is 1. The first-order chi connectivity index (χ1) is 15.7. The minimum Gasteiger partial charge on any atom is -0.472 e. The number of aromatic nitrogens is 1. The standard InChI is InChI=1S/C24H31N3O5S/c1-5-9-19-12-21-23(25-13-19)32-22(17(2)14-27(24(21)29)18(3)16-28)15-26(4)33(30,31)20-10-7-6-8-11-20/h5-13,17-18,22,28H,14-16H2,1-4H3/b9-5+/t17-,18-,22-/m1/s1. The predicted octanol–water partition coefficient (Wildman–Crippen LogP) is 2.66. The summed E-state index contributed by atoms with van der Waals surface area (Å²) in [5.41, 5.74) is 1.04. The molecule has 0 aliphatic carbocycles. The summed E-state index contributed by atoms with van der Waals surface area (Å²) in [7, 11) is -2.20. The molecule has 33 heavy (non-hydrogen) atoms. The molecule has 1 aliphatic heterocycles. The van der Waals surface area contributed by atoms with Crippen molar-refractivity contribution in [1.29, 1.82) is 0 Å². The van der Waals surface area contributed by atoms with Gasteiger partial charge >= 0.3 is 0 Å². The van der Waals surface area contributed by atoms with Gasteiger partial charge in [-0.2, -0.15) is 4.31 Å². The number of hydrogen-bond donors (Lipinski definition) is 1. The van der Waals surface area contributed by atoms with E-state index >= 15 is 0 Å². The van der Waals surface area contributed by atoms with Crippen LogP contribution in [0.2, 0.25) is 0 Å². The average molecular weight is 474 g/mol. The molecule has 1 N–H and O–H groups in total. The van der Waals surface area contributed by atoms with E-state index in [1.54, 1.807) is 54.4 Å². The minimum atomic E-state index is -3.72. The molecule has 3 atom stereocenters. The van der Waals surface area contributed by atoms with Crippen LogP contribution in [0.5, 0.6) is 5.88 Å². The van der Waals surface area contributed by atoms with Crippen molar-refractivity contribution in [3.8, 4) is 5.88 Å². The fourth-order valence-electron chi connectivity index (χ4n) is 3.74. The normalized spacial score (nSPS) is 20.3. The fourth-order valence-corrected chi connectivity index (χ4v) is 4.95. The van der Waals surface area contributed by atoms with Crippen LogP contribution in [0, 0.1) is 5.92 Å². The van der Waals surface area contributed by atoms with Gasteiger partial charge in [0.05, 0.1) is 24.1 Å². The fraction of sp³-hybridized carbons (Fsp3) is 0.417. The second-order valence-corrected chi connectivity index (χ2v) is 10.4. The average Bonchev–Trinajstić information content (AvgIpc) is 2.81. The molecular weight excluding hydrogens is 442 g/mol. The lowest BCUT2D eigenvalue weighted by molar-refractivity contribution is 0.0373. The highest BCUT2D eigenvalue weighted by Crippen LogP contribution is 2.28. The van der Waals surface area contributed by atoms with Crippen molar-refractivity contribution in [3.63, 3.8) is 0 Å². The predicted molar refractivity (Wildman–Crippen MR) is 126 cm³/mol.